The highest BCUT2D eigenvalue weighted by Gasteiger charge is 2.24. The third-order valence-electron chi connectivity index (χ3n) is 5.88. The molecule has 0 aliphatic rings. The summed E-state index contributed by atoms with van der Waals surface area (Å²) >= 11 is 1.88. The van der Waals surface area contributed by atoms with Crippen molar-refractivity contribution < 1.29 is 14.7 Å². The van der Waals surface area contributed by atoms with E-state index in [0.717, 1.165) is 24.2 Å². The smallest absolute Gasteiger partial charge is 0.133 e. The first-order valence-corrected chi connectivity index (χ1v) is 12.8. The van der Waals surface area contributed by atoms with Gasteiger partial charge in [-0.25, -0.2) is 0 Å². The van der Waals surface area contributed by atoms with Gasteiger partial charge in [-0.2, -0.15) is 11.8 Å². The van der Waals surface area contributed by atoms with Gasteiger partial charge in [0, 0.05) is 10.8 Å². The molecule has 0 spiro atoms. The molecule has 0 saturated heterocycles. The van der Waals surface area contributed by atoms with E-state index in [-0.39, 0.29) is 10.9 Å². The Labute approximate surface area is 196 Å². The monoisotopic (exact) mass is 462 g/mol. The first kappa shape index (κ1) is 26.3. The Morgan fingerprint density at radius 3 is 2.25 bits per heavy atom. The molecule has 0 aliphatic heterocycles. The van der Waals surface area contributed by atoms with Crippen molar-refractivity contribution in [3.8, 4) is 11.5 Å². The summed E-state index contributed by atoms with van der Waals surface area (Å²) in [5.74, 6) is 2.18. The highest BCUT2D eigenvalue weighted by Crippen LogP contribution is 2.50. The zero-order valence-electron chi connectivity index (χ0n) is 19.9. The third-order valence-corrected chi connectivity index (χ3v) is 7.11. The van der Waals surface area contributed by atoms with Crippen molar-refractivity contribution in [2.24, 2.45) is 5.18 Å². The minimum absolute atomic E-state index is 0.221. The molecule has 2 aromatic carbocycles. The second-order valence-electron chi connectivity index (χ2n) is 7.99. The molecule has 0 aliphatic carbocycles. The normalized spacial score (nSPS) is 12.0. The van der Waals surface area contributed by atoms with Crippen LogP contribution in [0.3, 0.4) is 0 Å². The number of hydrogen-bond donors (Lipinski definition) is 2. The van der Waals surface area contributed by atoms with Gasteiger partial charge >= 0.3 is 0 Å². The van der Waals surface area contributed by atoms with Crippen LogP contribution in [0.4, 0.5) is 11.4 Å². The highest BCUT2D eigenvalue weighted by molar-refractivity contribution is 7.99. The molecule has 32 heavy (non-hydrogen) atoms. The molecule has 1 atom stereocenters. The van der Waals surface area contributed by atoms with Crippen LogP contribution in [0, 0.1) is 4.91 Å². The average molecular weight is 463 g/mol. The number of benzene rings is 2. The van der Waals surface area contributed by atoms with Crippen molar-refractivity contribution >= 4 is 33.9 Å². The number of nitroso groups, excluding NO2 is 1. The van der Waals surface area contributed by atoms with Crippen molar-refractivity contribution in [1.29, 1.82) is 0 Å². The number of nitrogens with zero attached hydrogens (tertiary/aromatic N) is 1. The zero-order chi connectivity index (χ0) is 23.3. The Kier molecular flexibility index (Phi) is 11.7. The summed E-state index contributed by atoms with van der Waals surface area (Å²) in [5, 5.41) is 14.2. The first-order valence-electron chi connectivity index (χ1n) is 11.7. The Morgan fingerprint density at radius 1 is 1.00 bits per heavy atom. The van der Waals surface area contributed by atoms with Gasteiger partial charge in [0.25, 0.3) is 0 Å². The van der Waals surface area contributed by atoms with Gasteiger partial charge in [0.1, 0.15) is 17.2 Å². The summed E-state index contributed by atoms with van der Waals surface area (Å²) in [5.41, 5.74) is 3.92. The number of hydrogen-bond acceptors (Lipinski definition) is 7. The second kappa shape index (κ2) is 14.2. The number of fused-ring (bicyclic) bond motifs is 1. The lowest BCUT2D eigenvalue weighted by atomic mass is 9.96. The van der Waals surface area contributed by atoms with Gasteiger partial charge in [-0.05, 0) is 35.5 Å². The van der Waals surface area contributed by atoms with E-state index in [1.165, 1.54) is 44.9 Å². The van der Waals surface area contributed by atoms with E-state index in [1.54, 1.807) is 26.4 Å². The standard InChI is InChI=1S/C25H38N2O4S/c1-5-7-8-9-10-11-12-13-14-22(32-6-2)18-17-21(30-3)23-19(26-28)15-16-20(27-29)24(23)25(18)31-4/h15-17,22,26,28H,5-14H2,1-4H3. The van der Waals surface area contributed by atoms with Gasteiger partial charge in [0.2, 0.25) is 0 Å². The van der Waals surface area contributed by atoms with Gasteiger partial charge < -0.3 is 9.47 Å². The van der Waals surface area contributed by atoms with Crippen LogP contribution in [0.2, 0.25) is 0 Å². The van der Waals surface area contributed by atoms with Gasteiger partial charge in [0.15, 0.2) is 0 Å². The van der Waals surface area contributed by atoms with E-state index in [4.69, 9.17) is 9.47 Å². The van der Waals surface area contributed by atoms with E-state index in [9.17, 15) is 10.1 Å². The molecule has 6 nitrogen and oxygen atoms in total. The lowest BCUT2D eigenvalue weighted by molar-refractivity contribution is 0.388. The Bertz CT molecular complexity index is 860. The predicted molar refractivity (Wildman–Crippen MR) is 136 cm³/mol. The van der Waals surface area contributed by atoms with Gasteiger partial charge in [-0.1, -0.05) is 65.2 Å². The molecule has 0 amide bonds. The second-order valence-corrected chi connectivity index (χ2v) is 9.47. The van der Waals surface area contributed by atoms with Crippen molar-refractivity contribution in [2.45, 2.75) is 76.9 Å². The lowest BCUT2D eigenvalue weighted by Crippen LogP contribution is -2.03. The van der Waals surface area contributed by atoms with Crippen LogP contribution in [0.25, 0.3) is 10.8 Å². The molecular formula is C25H38N2O4S. The molecule has 2 N–H and O–H groups in total. The summed E-state index contributed by atoms with van der Waals surface area (Å²) < 4.78 is 11.5. The Hall–Kier alpha value is -1.99. The van der Waals surface area contributed by atoms with Gasteiger partial charge in [-0.15, -0.1) is 4.91 Å². The molecule has 0 saturated carbocycles. The Morgan fingerprint density at radius 2 is 1.69 bits per heavy atom. The zero-order valence-corrected chi connectivity index (χ0v) is 20.7. The van der Waals surface area contributed by atoms with Crippen molar-refractivity contribution in [3.05, 3.63) is 28.7 Å². The van der Waals surface area contributed by atoms with Crippen molar-refractivity contribution in [2.75, 3.05) is 25.5 Å². The fourth-order valence-corrected chi connectivity index (χ4v) is 5.37. The molecule has 0 aromatic heterocycles. The fraction of sp³-hybridized carbons (Fsp3) is 0.600. The van der Waals surface area contributed by atoms with Crippen molar-refractivity contribution in [1.82, 2.24) is 0 Å². The van der Waals surface area contributed by atoms with Gasteiger partial charge in [0.05, 0.1) is 30.7 Å². The molecular weight excluding hydrogens is 424 g/mol. The van der Waals surface area contributed by atoms with Crippen LogP contribution in [0.15, 0.2) is 23.4 Å². The maximum Gasteiger partial charge on any atom is 0.133 e. The number of rotatable bonds is 16. The fourth-order valence-electron chi connectivity index (χ4n) is 4.28. The third kappa shape index (κ3) is 6.51. The quantitative estimate of drug-likeness (QED) is 0.148. The number of nitrogens with one attached hydrogen (secondary N) is 1. The molecule has 1 unspecified atom stereocenters. The average Bonchev–Trinajstić information content (AvgIpc) is 2.83. The Balaban J connectivity index is 2.33. The lowest BCUT2D eigenvalue weighted by Gasteiger charge is -2.23. The van der Waals surface area contributed by atoms with Crippen molar-refractivity contribution in [3.63, 3.8) is 0 Å². The minimum atomic E-state index is 0.221. The number of anilines is 1. The van der Waals surface area contributed by atoms with Crippen LogP contribution >= 0.6 is 11.8 Å². The maximum atomic E-state index is 11.6. The van der Waals surface area contributed by atoms with E-state index in [2.05, 4.69) is 24.5 Å². The number of methoxy groups -OCH3 is 2. The SMILES string of the molecule is CCCCCCCCCCC(SCC)c1cc(OC)c2c(NO)ccc(N=O)c2c1OC. The summed E-state index contributed by atoms with van der Waals surface area (Å²) in [6.45, 7) is 4.40. The van der Waals surface area contributed by atoms with Crippen LogP contribution in [-0.2, 0) is 0 Å². The summed E-state index contributed by atoms with van der Waals surface area (Å²) in [4.78, 5) is 11.6. The molecule has 178 valence electrons. The molecule has 2 rings (SSSR count). The predicted octanol–water partition coefficient (Wildman–Crippen LogP) is 8.38. The van der Waals surface area contributed by atoms with Crippen LogP contribution < -0.4 is 15.0 Å². The summed E-state index contributed by atoms with van der Waals surface area (Å²) in [6.07, 6.45) is 11.3. The molecule has 0 radical (unpaired) electrons. The molecule has 0 fully saturated rings. The number of thioether (sulfide) groups is 1. The van der Waals surface area contributed by atoms with E-state index in [0.29, 0.717) is 28.0 Å². The summed E-state index contributed by atoms with van der Waals surface area (Å²) in [6, 6.07) is 5.17. The van der Waals surface area contributed by atoms with E-state index in [1.807, 2.05) is 17.8 Å². The maximum absolute atomic E-state index is 11.6. The molecule has 2 aromatic rings. The minimum Gasteiger partial charge on any atom is -0.496 e. The van der Waals surface area contributed by atoms with Crippen LogP contribution in [-0.4, -0.2) is 25.2 Å². The van der Waals surface area contributed by atoms with Crippen LogP contribution in [0.5, 0.6) is 11.5 Å². The molecule has 0 heterocycles. The van der Waals surface area contributed by atoms with Gasteiger partial charge in [-0.3, -0.25) is 10.7 Å². The largest absolute Gasteiger partial charge is 0.496 e. The highest BCUT2D eigenvalue weighted by atomic mass is 32.2. The first-order chi connectivity index (χ1) is 15.7. The topological polar surface area (TPSA) is 80.1 Å². The number of ether oxygens (including phenoxy) is 2. The molecule has 7 heteroatoms. The number of unbranched alkanes of at least 4 members (excludes halogenated alkanes) is 7. The van der Waals surface area contributed by atoms with E-state index < -0.39 is 0 Å². The summed E-state index contributed by atoms with van der Waals surface area (Å²) in [7, 11) is 3.20. The van der Waals surface area contributed by atoms with E-state index >= 15 is 0 Å². The molecule has 0 bridgehead atoms. The van der Waals surface area contributed by atoms with Crippen LogP contribution in [0.1, 0.15) is 82.4 Å².